The summed E-state index contributed by atoms with van der Waals surface area (Å²) in [6.45, 7) is 2.22. The van der Waals surface area contributed by atoms with Gasteiger partial charge in [0.2, 0.25) is 10.0 Å². The zero-order chi connectivity index (χ0) is 15.3. The molecule has 0 aromatic heterocycles. The molecule has 0 saturated carbocycles. The van der Waals surface area contributed by atoms with Gasteiger partial charge in [-0.05, 0) is 30.2 Å². The largest absolute Gasteiger partial charge is 0.240 e. The molecule has 2 aromatic rings. The molecule has 2 aromatic carbocycles. The Morgan fingerprint density at radius 2 is 1.81 bits per heavy atom. The third kappa shape index (κ3) is 4.15. The van der Waals surface area contributed by atoms with E-state index in [1.807, 2.05) is 37.3 Å². The average Bonchev–Trinajstić information content (AvgIpc) is 2.46. The van der Waals surface area contributed by atoms with Crippen LogP contribution in [-0.2, 0) is 23.0 Å². The summed E-state index contributed by atoms with van der Waals surface area (Å²) >= 11 is 0. The number of rotatable bonds is 5. The van der Waals surface area contributed by atoms with Crippen LogP contribution in [0, 0.1) is 18.3 Å². The Bertz CT molecular complexity index is 760. The smallest absolute Gasteiger partial charge is 0.207 e. The van der Waals surface area contributed by atoms with Crippen molar-refractivity contribution in [2.24, 2.45) is 0 Å². The third-order valence-electron chi connectivity index (χ3n) is 3.07. The first-order valence-electron chi connectivity index (χ1n) is 6.52. The first-order valence-corrected chi connectivity index (χ1v) is 8.01. The minimum absolute atomic E-state index is 0.205. The van der Waals surface area contributed by atoms with Gasteiger partial charge in [0.25, 0.3) is 0 Å². The summed E-state index contributed by atoms with van der Waals surface area (Å²) in [7, 11) is -3.54. The third-order valence-corrected chi connectivity index (χ3v) is 4.48. The highest BCUT2D eigenvalue weighted by molar-refractivity contribution is 7.89. The summed E-state index contributed by atoms with van der Waals surface area (Å²) in [6, 6.07) is 16.1. The van der Waals surface area contributed by atoms with Gasteiger partial charge in [-0.15, -0.1) is 0 Å². The molecule has 5 heteroatoms. The van der Waals surface area contributed by atoms with Crippen LogP contribution in [0.4, 0.5) is 0 Å². The van der Waals surface area contributed by atoms with Gasteiger partial charge in [0, 0.05) is 6.54 Å². The maximum Gasteiger partial charge on any atom is 0.240 e. The molecule has 0 bridgehead atoms. The maximum atomic E-state index is 12.2. The second-order valence-corrected chi connectivity index (χ2v) is 6.56. The van der Waals surface area contributed by atoms with Crippen molar-refractivity contribution in [3.05, 3.63) is 65.2 Å². The number of nitrogens with zero attached hydrogens (tertiary/aromatic N) is 1. The lowest BCUT2D eigenvalue weighted by atomic mass is 10.1. The zero-order valence-electron chi connectivity index (χ0n) is 11.7. The van der Waals surface area contributed by atoms with Gasteiger partial charge in [0.1, 0.15) is 0 Å². The fourth-order valence-corrected chi connectivity index (χ4v) is 2.98. The van der Waals surface area contributed by atoms with E-state index in [0.717, 1.165) is 16.7 Å². The lowest BCUT2D eigenvalue weighted by Gasteiger charge is -2.08. The molecule has 0 fully saturated rings. The average molecular weight is 300 g/mol. The van der Waals surface area contributed by atoms with Gasteiger partial charge in [-0.2, -0.15) is 5.26 Å². The van der Waals surface area contributed by atoms with Crippen molar-refractivity contribution >= 4 is 10.0 Å². The van der Waals surface area contributed by atoms with Gasteiger partial charge in [0.15, 0.2) is 0 Å². The van der Waals surface area contributed by atoms with Crippen LogP contribution >= 0.6 is 0 Å². The Labute approximate surface area is 125 Å². The minimum atomic E-state index is -3.54. The highest BCUT2D eigenvalue weighted by atomic mass is 32.2. The van der Waals surface area contributed by atoms with Crippen LogP contribution in [0.5, 0.6) is 0 Å². The summed E-state index contributed by atoms with van der Waals surface area (Å²) in [5.41, 5.74) is 2.81. The van der Waals surface area contributed by atoms with Gasteiger partial charge < -0.3 is 0 Å². The van der Waals surface area contributed by atoms with E-state index in [1.165, 1.54) is 12.1 Å². The van der Waals surface area contributed by atoms with Crippen LogP contribution in [0.15, 0.2) is 53.4 Å². The highest BCUT2D eigenvalue weighted by Gasteiger charge is 2.13. The van der Waals surface area contributed by atoms with Crippen LogP contribution in [0.3, 0.4) is 0 Å². The lowest BCUT2D eigenvalue weighted by Crippen LogP contribution is -2.23. The van der Waals surface area contributed by atoms with E-state index >= 15 is 0 Å². The van der Waals surface area contributed by atoms with Crippen molar-refractivity contribution in [1.82, 2.24) is 4.72 Å². The van der Waals surface area contributed by atoms with Crippen molar-refractivity contribution in [2.45, 2.75) is 24.8 Å². The first kappa shape index (κ1) is 15.2. The Balaban J connectivity index is 2.09. The molecular weight excluding hydrogens is 284 g/mol. The lowest BCUT2D eigenvalue weighted by molar-refractivity contribution is 0.581. The predicted molar refractivity (Wildman–Crippen MR) is 81.0 cm³/mol. The van der Waals surface area contributed by atoms with Crippen LogP contribution < -0.4 is 4.72 Å². The Hall–Kier alpha value is -2.16. The van der Waals surface area contributed by atoms with Gasteiger partial charge in [-0.25, -0.2) is 13.1 Å². The minimum Gasteiger partial charge on any atom is -0.207 e. The van der Waals surface area contributed by atoms with E-state index < -0.39 is 10.0 Å². The topological polar surface area (TPSA) is 70.0 Å². The Morgan fingerprint density at radius 3 is 2.43 bits per heavy atom. The van der Waals surface area contributed by atoms with Crippen molar-refractivity contribution in [2.75, 3.05) is 0 Å². The zero-order valence-corrected chi connectivity index (χ0v) is 12.5. The molecule has 1 N–H and O–H groups in total. The number of sulfonamides is 1. The van der Waals surface area contributed by atoms with E-state index in [1.54, 1.807) is 12.1 Å². The number of benzene rings is 2. The second kappa shape index (κ2) is 6.53. The van der Waals surface area contributed by atoms with E-state index in [9.17, 15) is 8.42 Å². The van der Waals surface area contributed by atoms with E-state index in [4.69, 9.17) is 5.26 Å². The predicted octanol–water partition coefficient (Wildman–Crippen LogP) is 2.54. The molecule has 108 valence electrons. The summed E-state index contributed by atoms with van der Waals surface area (Å²) in [5.74, 6) is 0. The van der Waals surface area contributed by atoms with E-state index in [2.05, 4.69) is 4.72 Å². The number of nitriles is 1. The monoisotopic (exact) mass is 300 g/mol. The second-order valence-electron chi connectivity index (χ2n) is 4.79. The van der Waals surface area contributed by atoms with Gasteiger partial charge in [0.05, 0.1) is 17.4 Å². The summed E-state index contributed by atoms with van der Waals surface area (Å²) in [5, 5.41) is 8.60. The number of aryl methyl sites for hydroxylation is 1. The van der Waals surface area contributed by atoms with Crippen LogP contribution in [0.2, 0.25) is 0 Å². The molecule has 0 aliphatic rings. The Morgan fingerprint density at radius 1 is 1.10 bits per heavy atom. The van der Waals surface area contributed by atoms with Gasteiger partial charge >= 0.3 is 0 Å². The molecular formula is C16H16N2O2S. The van der Waals surface area contributed by atoms with Crippen LogP contribution in [0.25, 0.3) is 0 Å². The molecule has 0 saturated heterocycles. The van der Waals surface area contributed by atoms with Crippen molar-refractivity contribution in [3.63, 3.8) is 0 Å². The molecule has 0 heterocycles. The fraction of sp³-hybridized carbons (Fsp3) is 0.188. The normalized spacial score (nSPS) is 11.0. The molecule has 4 nitrogen and oxygen atoms in total. The molecule has 0 aliphatic heterocycles. The molecule has 2 rings (SSSR count). The van der Waals surface area contributed by atoms with Crippen molar-refractivity contribution < 1.29 is 8.42 Å². The summed E-state index contributed by atoms with van der Waals surface area (Å²) in [4.78, 5) is 0.205. The molecule has 0 amide bonds. The molecule has 0 radical (unpaired) electrons. The van der Waals surface area contributed by atoms with E-state index in [0.29, 0.717) is 0 Å². The molecule has 21 heavy (non-hydrogen) atoms. The highest BCUT2D eigenvalue weighted by Crippen LogP contribution is 2.12. The molecule has 0 spiro atoms. The fourth-order valence-electron chi connectivity index (χ4n) is 1.96. The van der Waals surface area contributed by atoms with Gasteiger partial charge in [-0.1, -0.05) is 42.0 Å². The number of hydrogen-bond donors (Lipinski definition) is 1. The van der Waals surface area contributed by atoms with Crippen molar-refractivity contribution in [1.29, 1.82) is 5.26 Å². The quantitative estimate of drug-likeness (QED) is 0.922. The standard InChI is InChI=1S/C16H16N2O2S/c1-13-3-2-4-15(11-13)12-18-21(19,20)16-7-5-14(6-8-16)9-10-17/h2-8,11,18H,9,12H2,1H3. The van der Waals surface area contributed by atoms with Crippen molar-refractivity contribution in [3.8, 4) is 6.07 Å². The SMILES string of the molecule is Cc1cccc(CNS(=O)(=O)c2ccc(CC#N)cc2)c1. The van der Waals surface area contributed by atoms with Gasteiger partial charge in [-0.3, -0.25) is 0 Å². The molecule has 0 atom stereocenters. The summed E-state index contributed by atoms with van der Waals surface area (Å²) < 4.78 is 26.9. The Kier molecular flexibility index (Phi) is 4.73. The van der Waals surface area contributed by atoms with E-state index in [-0.39, 0.29) is 17.9 Å². The first-order chi connectivity index (χ1) is 10.0. The van der Waals surface area contributed by atoms with Crippen LogP contribution in [-0.4, -0.2) is 8.42 Å². The number of hydrogen-bond acceptors (Lipinski definition) is 3. The molecule has 0 aliphatic carbocycles. The van der Waals surface area contributed by atoms with Crippen LogP contribution in [0.1, 0.15) is 16.7 Å². The number of nitrogens with one attached hydrogen (secondary N) is 1. The molecule has 0 unspecified atom stereocenters. The maximum absolute atomic E-state index is 12.2. The summed E-state index contributed by atoms with van der Waals surface area (Å²) in [6.07, 6.45) is 0.275.